The van der Waals surface area contributed by atoms with Crippen LogP contribution in [0.3, 0.4) is 0 Å². The summed E-state index contributed by atoms with van der Waals surface area (Å²) in [5, 5.41) is 5.92. The molecule has 0 spiro atoms. The SMILES string of the molecule is COC1CC(Nc2ccc(NC(N)=O)cc2)C1. The fourth-order valence-electron chi connectivity index (χ4n) is 1.90. The molecule has 0 aromatic heterocycles. The number of urea groups is 1. The Morgan fingerprint density at radius 2 is 1.88 bits per heavy atom. The number of nitrogens with one attached hydrogen (secondary N) is 2. The van der Waals surface area contributed by atoms with Crippen molar-refractivity contribution >= 4 is 17.4 Å². The molecule has 2 amide bonds. The summed E-state index contributed by atoms with van der Waals surface area (Å²) in [7, 11) is 1.74. The molecule has 1 aliphatic carbocycles. The summed E-state index contributed by atoms with van der Waals surface area (Å²) in [6.45, 7) is 0. The Kier molecular flexibility index (Phi) is 3.49. The van der Waals surface area contributed by atoms with Crippen molar-refractivity contribution in [2.24, 2.45) is 5.73 Å². The number of hydrogen-bond donors (Lipinski definition) is 3. The Morgan fingerprint density at radius 3 is 2.41 bits per heavy atom. The highest BCUT2D eigenvalue weighted by Gasteiger charge is 2.28. The Labute approximate surface area is 100 Å². The summed E-state index contributed by atoms with van der Waals surface area (Å²) >= 11 is 0. The highest BCUT2D eigenvalue weighted by molar-refractivity contribution is 5.87. The maximum atomic E-state index is 10.6. The van der Waals surface area contributed by atoms with Gasteiger partial charge in [0.1, 0.15) is 0 Å². The summed E-state index contributed by atoms with van der Waals surface area (Å²) in [6.07, 6.45) is 2.47. The lowest BCUT2D eigenvalue weighted by molar-refractivity contribution is 0.0329. The van der Waals surface area contributed by atoms with Crippen molar-refractivity contribution in [3.8, 4) is 0 Å². The van der Waals surface area contributed by atoms with Crippen molar-refractivity contribution in [2.45, 2.75) is 25.0 Å². The first kappa shape index (κ1) is 11.7. The van der Waals surface area contributed by atoms with Crippen LogP contribution in [0.15, 0.2) is 24.3 Å². The number of methoxy groups -OCH3 is 1. The molecule has 0 bridgehead atoms. The van der Waals surface area contributed by atoms with Crippen LogP contribution in [0, 0.1) is 0 Å². The minimum atomic E-state index is -0.548. The van der Waals surface area contributed by atoms with Crippen LogP contribution in [-0.4, -0.2) is 25.3 Å². The molecule has 5 nitrogen and oxygen atoms in total. The fraction of sp³-hybridized carbons (Fsp3) is 0.417. The molecule has 92 valence electrons. The smallest absolute Gasteiger partial charge is 0.316 e. The lowest BCUT2D eigenvalue weighted by atomic mass is 9.89. The molecule has 0 unspecified atom stereocenters. The van der Waals surface area contributed by atoms with Crippen molar-refractivity contribution in [3.63, 3.8) is 0 Å². The number of carbonyl (C=O) groups excluding carboxylic acids is 1. The van der Waals surface area contributed by atoms with Crippen molar-refractivity contribution in [2.75, 3.05) is 17.7 Å². The fourth-order valence-corrected chi connectivity index (χ4v) is 1.90. The van der Waals surface area contributed by atoms with E-state index in [0.29, 0.717) is 17.8 Å². The van der Waals surface area contributed by atoms with E-state index in [1.54, 1.807) is 7.11 Å². The third kappa shape index (κ3) is 3.10. The lowest BCUT2D eigenvalue weighted by Gasteiger charge is -2.35. The number of nitrogens with two attached hydrogens (primary N) is 1. The number of hydrogen-bond acceptors (Lipinski definition) is 3. The Morgan fingerprint density at radius 1 is 1.29 bits per heavy atom. The van der Waals surface area contributed by atoms with Gasteiger partial charge >= 0.3 is 6.03 Å². The van der Waals surface area contributed by atoms with E-state index in [-0.39, 0.29) is 0 Å². The van der Waals surface area contributed by atoms with E-state index >= 15 is 0 Å². The van der Waals surface area contributed by atoms with Gasteiger partial charge in [-0.1, -0.05) is 0 Å². The molecule has 0 saturated heterocycles. The van der Waals surface area contributed by atoms with E-state index in [0.717, 1.165) is 18.5 Å². The van der Waals surface area contributed by atoms with Crippen LogP contribution in [-0.2, 0) is 4.74 Å². The van der Waals surface area contributed by atoms with Gasteiger partial charge in [0, 0.05) is 24.5 Å². The van der Waals surface area contributed by atoms with Crippen molar-refractivity contribution in [3.05, 3.63) is 24.3 Å². The molecule has 0 aliphatic heterocycles. The monoisotopic (exact) mass is 235 g/mol. The molecule has 4 N–H and O–H groups in total. The molecule has 1 aromatic carbocycles. The average molecular weight is 235 g/mol. The first-order valence-corrected chi connectivity index (χ1v) is 5.63. The molecule has 2 rings (SSSR count). The topological polar surface area (TPSA) is 76.4 Å². The van der Waals surface area contributed by atoms with Crippen molar-refractivity contribution < 1.29 is 9.53 Å². The van der Waals surface area contributed by atoms with Gasteiger partial charge in [-0.15, -0.1) is 0 Å². The summed E-state index contributed by atoms with van der Waals surface area (Å²) < 4.78 is 5.22. The number of anilines is 2. The normalized spacial score (nSPS) is 22.6. The van der Waals surface area contributed by atoms with Crippen LogP contribution in [0.2, 0.25) is 0 Å². The van der Waals surface area contributed by atoms with E-state index in [1.807, 2.05) is 24.3 Å². The highest BCUT2D eigenvalue weighted by atomic mass is 16.5. The van der Waals surface area contributed by atoms with Gasteiger partial charge in [0.05, 0.1) is 6.10 Å². The van der Waals surface area contributed by atoms with E-state index in [1.165, 1.54) is 0 Å². The zero-order chi connectivity index (χ0) is 12.3. The van der Waals surface area contributed by atoms with Crippen LogP contribution in [0.25, 0.3) is 0 Å². The zero-order valence-electron chi connectivity index (χ0n) is 9.77. The third-order valence-corrected chi connectivity index (χ3v) is 2.95. The minimum absolute atomic E-state index is 0.392. The first-order chi connectivity index (χ1) is 8.17. The lowest BCUT2D eigenvalue weighted by Crippen LogP contribution is -2.40. The molecular weight excluding hydrogens is 218 g/mol. The molecule has 5 heteroatoms. The molecule has 0 radical (unpaired) electrons. The molecule has 17 heavy (non-hydrogen) atoms. The van der Waals surface area contributed by atoms with Gasteiger partial charge in [-0.25, -0.2) is 4.79 Å². The van der Waals surface area contributed by atoms with Gasteiger partial charge in [0.15, 0.2) is 0 Å². The maximum absolute atomic E-state index is 10.6. The van der Waals surface area contributed by atoms with Crippen LogP contribution >= 0.6 is 0 Å². The molecular formula is C12H17N3O2. The number of benzene rings is 1. The number of amides is 2. The van der Waals surface area contributed by atoms with E-state index < -0.39 is 6.03 Å². The van der Waals surface area contributed by atoms with Gasteiger partial charge in [-0.3, -0.25) is 0 Å². The second-order valence-corrected chi connectivity index (χ2v) is 4.24. The average Bonchev–Trinajstić information content (AvgIpc) is 2.24. The molecule has 1 aromatic rings. The standard InChI is InChI=1S/C12H17N3O2/c1-17-11-6-10(7-11)14-8-2-4-9(5-3-8)15-12(13)16/h2-5,10-11,14H,6-7H2,1H3,(H3,13,15,16). The second kappa shape index (κ2) is 5.05. The molecule has 1 saturated carbocycles. The van der Waals surface area contributed by atoms with Crippen LogP contribution in [0.1, 0.15) is 12.8 Å². The van der Waals surface area contributed by atoms with E-state index in [2.05, 4.69) is 10.6 Å². The number of primary amides is 1. The van der Waals surface area contributed by atoms with Crippen molar-refractivity contribution in [1.82, 2.24) is 0 Å². The summed E-state index contributed by atoms with van der Waals surface area (Å²) in [6, 6.07) is 7.41. The third-order valence-electron chi connectivity index (χ3n) is 2.95. The van der Waals surface area contributed by atoms with E-state index in [9.17, 15) is 4.79 Å². The van der Waals surface area contributed by atoms with Gasteiger partial charge < -0.3 is 21.1 Å². The van der Waals surface area contributed by atoms with E-state index in [4.69, 9.17) is 10.5 Å². The quantitative estimate of drug-likeness (QED) is 0.744. The Hall–Kier alpha value is -1.75. The number of rotatable bonds is 4. The molecule has 0 atom stereocenters. The first-order valence-electron chi connectivity index (χ1n) is 5.63. The summed E-state index contributed by atoms with van der Waals surface area (Å²) in [5.74, 6) is 0. The summed E-state index contributed by atoms with van der Waals surface area (Å²) in [5.41, 5.74) is 6.77. The summed E-state index contributed by atoms with van der Waals surface area (Å²) in [4.78, 5) is 10.6. The van der Waals surface area contributed by atoms with Crippen LogP contribution < -0.4 is 16.4 Å². The number of ether oxygens (including phenoxy) is 1. The molecule has 0 heterocycles. The van der Waals surface area contributed by atoms with Crippen molar-refractivity contribution in [1.29, 1.82) is 0 Å². The van der Waals surface area contributed by atoms with Crippen LogP contribution in [0.5, 0.6) is 0 Å². The predicted molar refractivity (Wildman–Crippen MR) is 67.1 cm³/mol. The molecule has 1 aliphatic rings. The maximum Gasteiger partial charge on any atom is 0.316 e. The second-order valence-electron chi connectivity index (χ2n) is 4.24. The largest absolute Gasteiger partial charge is 0.382 e. The highest BCUT2D eigenvalue weighted by Crippen LogP contribution is 2.26. The van der Waals surface area contributed by atoms with Crippen LogP contribution in [0.4, 0.5) is 16.2 Å². The molecule has 1 fully saturated rings. The Bertz CT molecular complexity index is 385. The predicted octanol–water partition coefficient (Wildman–Crippen LogP) is 1.77. The van der Waals surface area contributed by atoms with Gasteiger partial charge in [0.25, 0.3) is 0 Å². The van der Waals surface area contributed by atoms with Gasteiger partial charge in [0.2, 0.25) is 0 Å². The van der Waals surface area contributed by atoms with Gasteiger partial charge in [-0.2, -0.15) is 0 Å². The minimum Gasteiger partial charge on any atom is -0.382 e. The Balaban J connectivity index is 1.84. The zero-order valence-corrected chi connectivity index (χ0v) is 9.77. The van der Waals surface area contributed by atoms with Gasteiger partial charge in [-0.05, 0) is 37.1 Å². The number of carbonyl (C=O) groups is 1.